The molecule has 0 aliphatic rings. The summed E-state index contributed by atoms with van der Waals surface area (Å²) in [6.45, 7) is 2.61. The van der Waals surface area contributed by atoms with Crippen LogP contribution in [0.5, 0.6) is 5.75 Å². The summed E-state index contributed by atoms with van der Waals surface area (Å²) in [7, 11) is 0. The highest BCUT2D eigenvalue weighted by Crippen LogP contribution is 2.31. The second-order valence-electron chi connectivity index (χ2n) is 4.69. The van der Waals surface area contributed by atoms with Crippen molar-refractivity contribution in [1.82, 2.24) is 4.98 Å². The van der Waals surface area contributed by atoms with Gasteiger partial charge in [0.1, 0.15) is 5.75 Å². The molecule has 0 bridgehead atoms. The molecule has 0 saturated heterocycles. The molecule has 4 heteroatoms. The highest BCUT2D eigenvalue weighted by atomic mass is 16.5. The predicted molar refractivity (Wildman–Crippen MR) is 87.0 cm³/mol. The van der Waals surface area contributed by atoms with Crippen LogP contribution in [-0.2, 0) is 0 Å². The minimum atomic E-state index is 0.621. The van der Waals surface area contributed by atoms with Gasteiger partial charge in [-0.1, -0.05) is 24.3 Å². The Morgan fingerprint density at radius 3 is 2.86 bits per heavy atom. The van der Waals surface area contributed by atoms with Crippen molar-refractivity contribution in [3.63, 3.8) is 0 Å². The number of pyridine rings is 1. The molecule has 3 aromatic rings. The van der Waals surface area contributed by atoms with Gasteiger partial charge >= 0.3 is 0 Å². The van der Waals surface area contributed by atoms with E-state index in [-0.39, 0.29) is 0 Å². The van der Waals surface area contributed by atoms with Crippen molar-refractivity contribution in [3.8, 4) is 5.75 Å². The Bertz CT molecular complexity index is 771. The quantitative estimate of drug-likeness (QED) is 0.759. The van der Waals surface area contributed by atoms with Gasteiger partial charge < -0.3 is 15.8 Å². The van der Waals surface area contributed by atoms with Crippen molar-refractivity contribution in [3.05, 3.63) is 54.7 Å². The van der Waals surface area contributed by atoms with E-state index in [0.29, 0.717) is 12.3 Å². The van der Waals surface area contributed by atoms with Crippen LogP contribution in [0.15, 0.2) is 54.7 Å². The monoisotopic (exact) mass is 279 g/mol. The molecule has 0 aliphatic carbocycles. The summed E-state index contributed by atoms with van der Waals surface area (Å²) in [6, 6.07) is 15.7. The maximum Gasteiger partial charge on any atom is 0.121 e. The van der Waals surface area contributed by atoms with E-state index in [1.54, 1.807) is 6.20 Å². The Morgan fingerprint density at radius 2 is 2.00 bits per heavy atom. The largest absolute Gasteiger partial charge is 0.494 e. The van der Waals surface area contributed by atoms with Crippen molar-refractivity contribution >= 4 is 28.0 Å². The van der Waals surface area contributed by atoms with Gasteiger partial charge in [0.25, 0.3) is 0 Å². The van der Waals surface area contributed by atoms with Crippen molar-refractivity contribution in [2.45, 2.75) is 6.92 Å². The molecule has 3 N–H and O–H groups in total. The molecule has 0 aliphatic heterocycles. The highest BCUT2D eigenvalue weighted by Gasteiger charge is 2.07. The second-order valence-corrected chi connectivity index (χ2v) is 4.69. The van der Waals surface area contributed by atoms with E-state index < -0.39 is 0 Å². The Balaban J connectivity index is 2.01. The molecule has 1 aromatic heterocycles. The van der Waals surface area contributed by atoms with Crippen LogP contribution < -0.4 is 15.8 Å². The lowest BCUT2D eigenvalue weighted by Crippen LogP contribution is -1.99. The van der Waals surface area contributed by atoms with E-state index in [1.165, 1.54) is 0 Å². The molecule has 0 fully saturated rings. The lowest BCUT2D eigenvalue weighted by molar-refractivity contribution is 0.340. The Morgan fingerprint density at radius 1 is 1.14 bits per heavy atom. The van der Waals surface area contributed by atoms with Crippen molar-refractivity contribution in [2.75, 3.05) is 17.7 Å². The summed E-state index contributed by atoms with van der Waals surface area (Å²) in [4.78, 5) is 4.34. The van der Waals surface area contributed by atoms with Crippen LogP contribution >= 0.6 is 0 Å². The van der Waals surface area contributed by atoms with Crippen LogP contribution in [0.1, 0.15) is 6.92 Å². The lowest BCUT2D eigenvalue weighted by atomic mass is 10.1. The third kappa shape index (κ3) is 2.74. The number of fused-ring (bicyclic) bond motifs is 1. The average Bonchev–Trinajstić information content (AvgIpc) is 2.51. The van der Waals surface area contributed by atoms with Gasteiger partial charge in [-0.05, 0) is 25.1 Å². The Kier molecular flexibility index (Phi) is 3.60. The molecule has 21 heavy (non-hydrogen) atoms. The summed E-state index contributed by atoms with van der Waals surface area (Å²) in [5, 5.41) is 4.37. The number of anilines is 3. The van der Waals surface area contributed by atoms with Gasteiger partial charge in [-0.2, -0.15) is 0 Å². The van der Waals surface area contributed by atoms with Gasteiger partial charge in [-0.15, -0.1) is 0 Å². The van der Waals surface area contributed by atoms with Gasteiger partial charge in [-0.3, -0.25) is 4.98 Å². The molecule has 0 radical (unpaired) electrons. The van der Waals surface area contributed by atoms with Crippen LogP contribution in [0.25, 0.3) is 10.9 Å². The number of nitrogens with two attached hydrogens (primary N) is 1. The summed E-state index contributed by atoms with van der Waals surface area (Å²) < 4.78 is 5.52. The number of hydrogen-bond acceptors (Lipinski definition) is 4. The van der Waals surface area contributed by atoms with E-state index in [9.17, 15) is 0 Å². The van der Waals surface area contributed by atoms with Gasteiger partial charge in [0.15, 0.2) is 0 Å². The molecule has 106 valence electrons. The molecule has 4 nitrogen and oxygen atoms in total. The number of aromatic nitrogens is 1. The van der Waals surface area contributed by atoms with E-state index >= 15 is 0 Å². The molecule has 3 rings (SSSR count). The van der Waals surface area contributed by atoms with E-state index in [2.05, 4.69) is 10.3 Å². The van der Waals surface area contributed by atoms with E-state index in [4.69, 9.17) is 10.5 Å². The predicted octanol–water partition coefficient (Wildman–Crippen LogP) is 3.96. The number of ether oxygens (including phenoxy) is 1. The smallest absolute Gasteiger partial charge is 0.121 e. The number of hydrogen-bond donors (Lipinski definition) is 2. The third-order valence-corrected chi connectivity index (χ3v) is 3.22. The standard InChI is InChI=1S/C17H17N3O/c1-2-21-13-7-5-6-12(10-13)20-17-14-8-3-4-9-16(14)19-11-15(17)18/h3-11H,2,18H2,1H3,(H,19,20). The number of rotatable bonds is 4. The fourth-order valence-electron chi connectivity index (χ4n) is 2.27. The third-order valence-electron chi connectivity index (χ3n) is 3.22. The molecule has 0 atom stereocenters. The van der Waals surface area contributed by atoms with E-state index in [1.807, 2.05) is 55.5 Å². The van der Waals surface area contributed by atoms with Crippen molar-refractivity contribution in [2.24, 2.45) is 0 Å². The van der Waals surface area contributed by atoms with Crippen LogP contribution in [0.4, 0.5) is 17.1 Å². The van der Waals surface area contributed by atoms with Gasteiger partial charge in [0.05, 0.1) is 29.7 Å². The first-order valence-corrected chi connectivity index (χ1v) is 6.91. The summed E-state index contributed by atoms with van der Waals surface area (Å²) in [5.41, 5.74) is 9.41. The maximum absolute atomic E-state index is 6.07. The van der Waals surface area contributed by atoms with Crippen LogP contribution in [0, 0.1) is 0 Å². The summed E-state index contributed by atoms with van der Waals surface area (Å²) in [6.07, 6.45) is 1.68. The number of nitrogens with one attached hydrogen (secondary N) is 1. The fourth-order valence-corrected chi connectivity index (χ4v) is 2.27. The van der Waals surface area contributed by atoms with Crippen LogP contribution in [0.2, 0.25) is 0 Å². The molecule has 1 heterocycles. The fraction of sp³-hybridized carbons (Fsp3) is 0.118. The number of nitrogens with zero attached hydrogens (tertiary/aromatic N) is 1. The van der Waals surface area contributed by atoms with Crippen LogP contribution in [-0.4, -0.2) is 11.6 Å². The average molecular weight is 279 g/mol. The number of para-hydroxylation sites is 1. The zero-order chi connectivity index (χ0) is 14.7. The van der Waals surface area contributed by atoms with Crippen molar-refractivity contribution < 1.29 is 4.74 Å². The molecule has 0 amide bonds. The van der Waals surface area contributed by atoms with Gasteiger partial charge in [-0.25, -0.2) is 0 Å². The second kappa shape index (κ2) is 5.71. The first-order chi connectivity index (χ1) is 10.3. The molecule has 0 spiro atoms. The SMILES string of the molecule is CCOc1cccc(Nc2c(N)cnc3ccccc23)c1. The molecular weight excluding hydrogens is 262 g/mol. The minimum absolute atomic E-state index is 0.621. The Hall–Kier alpha value is -2.75. The number of nitrogen functional groups attached to an aromatic ring is 1. The minimum Gasteiger partial charge on any atom is -0.494 e. The van der Waals surface area contributed by atoms with Gasteiger partial charge in [0, 0.05) is 17.1 Å². The first kappa shape index (κ1) is 13.2. The van der Waals surface area contributed by atoms with Crippen molar-refractivity contribution in [1.29, 1.82) is 0 Å². The molecular formula is C17H17N3O. The zero-order valence-corrected chi connectivity index (χ0v) is 11.8. The highest BCUT2D eigenvalue weighted by molar-refractivity contribution is 5.98. The van der Waals surface area contributed by atoms with Crippen LogP contribution in [0.3, 0.4) is 0 Å². The Labute approximate surface area is 123 Å². The molecule has 0 unspecified atom stereocenters. The topological polar surface area (TPSA) is 60.2 Å². The molecule has 2 aromatic carbocycles. The lowest BCUT2D eigenvalue weighted by Gasteiger charge is -2.13. The number of benzene rings is 2. The maximum atomic E-state index is 6.07. The molecule has 0 saturated carbocycles. The first-order valence-electron chi connectivity index (χ1n) is 6.91. The van der Waals surface area contributed by atoms with Gasteiger partial charge in [0.2, 0.25) is 0 Å². The summed E-state index contributed by atoms with van der Waals surface area (Å²) >= 11 is 0. The normalized spacial score (nSPS) is 10.5. The zero-order valence-electron chi connectivity index (χ0n) is 11.8. The summed E-state index contributed by atoms with van der Waals surface area (Å²) in [5.74, 6) is 0.833. The van der Waals surface area contributed by atoms with E-state index in [0.717, 1.165) is 28.0 Å².